The van der Waals surface area contributed by atoms with Crippen LogP contribution in [0.2, 0.25) is 0 Å². The first-order chi connectivity index (χ1) is 10.2. The highest BCUT2D eigenvalue weighted by molar-refractivity contribution is 14.1. The van der Waals surface area contributed by atoms with Crippen LogP contribution in [0.5, 0.6) is 0 Å². The summed E-state index contributed by atoms with van der Waals surface area (Å²) >= 11 is 2.15. The van der Waals surface area contributed by atoms with Gasteiger partial charge in [-0.2, -0.15) is 0 Å². The number of hydrogen-bond donors (Lipinski definition) is 1. The number of piperazine rings is 1. The number of carbonyl (C=O) groups is 2. The number of amides is 2. The van der Waals surface area contributed by atoms with Crippen LogP contribution >= 0.6 is 22.6 Å². The predicted molar refractivity (Wildman–Crippen MR) is 91.7 cm³/mol. The van der Waals surface area contributed by atoms with Crippen LogP contribution in [-0.2, 0) is 9.59 Å². The van der Waals surface area contributed by atoms with Gasteiger partial charge in [-0.15, -0.1) is 0 Å². The van der Waals surface area contributed by atoms with Crippen molar-refractivity contribution in [1.29, 1.82) is 0 Å². The maximum atomic E-state index is 12.0. The zero-order valence-electron chi connectivity index (χ0n) is 11.9. The molecule has 2 amide bonds. The topological polar surface area (TPSA) is 52.7 Å². The fraction of sp³-hybridized carbons (Fsp3) is 0.467. The van der Waals surface area contributed by atoms with Crippen molar-refractivity contribution in [3.63, 3.8) is 0 Å². The molecular weight excluding hydrogens is 381 g/mol. The maximum absolute atomic E-state index is 12.0. The molecule has 0 saturated carbocycles. The molecule has 1 N–H and O–H groups in total. The minimum atomic E-state index is -0.0549. The van der Waals surface area contributed by atoms with Gasteiger partial charge in [0.25, 0.3) is 0 Å². The molecule has 0 aliphatic carbocycles. The lowest BCUT2D eigenvalue weighted by Crippen LogP contribution is -2.51. The summed E-state index contributed by atoms with van der Waals surface area (Å²) in [5, 5.41) is 2.67. The quantitative estimate of drug-likeness (QED) is 0.598. The van der Waals surface area contributed by atoms with Crippen molar-refractivity contribution in [1.82, 2.24) is 10.2 Å². The fourth-order valence-electron chi connectivity index (χ4n) is 2.31. The van der Waals surface area contributed by atoms with Crippen LogP contribution in [0.1, 0.15) is 6.42 Å². The van der Waals surface area contributed by atoms with Crippen molar-refractivity contribution in [2.75, 3.05) is 42.1 Å². The molecule has 1 aromatic rings. The van der Waals surface area contributed by atoms with E-state index in [1.165, 1.54) is 5.69 Å². The van der Waals surface area contributed by atoms with Gasteiger partial charge in [-0.05, 0) is 12.1 Å². The van der Waals surface area contributed by atoms with Crippen LogP contribution < -0.4 is 10.2 Å². The molecule has 1 aromatic carbocycles. The molecule has 0 aromatic heterocycles. The maximum Gasteiger partial charge on any atom is 0.242 e. The van der Waals surface area contributed by atoms with Crippen LogP contribution in [0.25, 0.3) is 0 Å². The first kappa shape index (κ1) is 16.1. The van der Waals surface area contributed by atoms with Crippen molar-refractivity contribution in [3.8, 4) is 0 Å². The molecule has 21 heavy (non-hydrogen) atoms. The highest BCUT2D eigenvalue weighted by Gasteiger charge is 2.21. The van der Waals surface area contributed by atoms with Crippen molar-refractivity contribution in [2.45, 2.75) is 6.42 Å². The standard InChI is InChI=1S/C15H20IN3O2/c16-7-6-14(20)17-12-15(21)19-10-8-18(9-11-19)13-4-2-1-3-5-13/h1-5H,6-12H2,(H,17,20). The normalized spacial score (nSPS) is 14.9. The van der Waals surface area contributed by atoms with E-state index in [4.69, 9.17) is 0 Å². The van der Waals surface area contributed by atoms with E-state index < -0.39 is 0 Å². The lowest BCUT2D eigenvalue weighted by Gasteiger charge is -2.36. The molecular formula is C15H20IN3O2. The molecule has 1 aliphatic heterocycles. The van der Waals surface area contributed by atoms with E-state index in [1.807, 2.05) is 23.1 Å². The Bertz CT molecular complexity index is 473. The van der Waals surface area contributed by atoms with E-state index >= 15 is 0 Å². The summed E-state index contributed by atoms with van der Waals surface area (Å²) in [7, 11) is 0. The van der Waals surface area contributed by atoms with E-state index in [2.05, 4.69) is 44.9 Å². The van der Waals surface area contributed by atoms with E-state index in [0.717, 1.165) is 17.5 Å². The number of nitrogens with zero attached hydrogens (tertiary/aromatic N) is 2. The SMILES string of the molecule is O=C(CCI)NCC(=O)N1CCN(c2ccccc2)CC1. The highest BCUT2D eigenvalue weighted by Crippen LogP contribution is 2.15. The Hall–Kier alpha value is -1.31. The van der Waals surface area contributed by atoms with E-state index in [1.54, 1.807) is 0 Å². The number of alkyl halides is 1. The predicted octanol–water partition coefficient (Wildman–Crippen LogP) is 1.28. The van der Waals surface area contributed by atoms with Crippen LogP contribution in [0.4, 0.5) is 5.69 Å². The summed E-state index contributed by atoms with van der Waals surface area (Å²) in [6.45, 7) is 3.18. The molecule has 1 saturated heterocycles. The van der Waals surface area contributed by atoms with Gasteiger partial charge in [-0.3, -0.25) is 9.59 Å². The Kier molecular flexibility index (Phi) is 6.28. The second-order valence-electron chi connectivity index (χ2n) is 4.92. The Morgan fingerprint density at radius 2 is 1.76 bits per heavy atom. The molecule has 0 unspecified atom stereocenters. The summed E-state index contributed by atoms with van der Waals surface area (Å²) < 4.78 is 0.771. The van der Waals surface area contributed by atoms with Gasteiger partial charge < -0.3 is 15.1 Å². The summed E-state index contributed by atoms with van der Waals surface area (Å²) in [6, 6.07) is 10.2. The van der Waals surface area contributed by atoms with Crippen LogP contribution in [-0.4, -0.2) is 53.9 Å². The van der Waals surface area contributed by atoms with Gasteiger partial charge in [-0.1, -0.05) is 40.8 Å². The third kappa shape index (κ3) is 4.87. The molecule has 1 aliphatic rings. The van der Waals surface area contributed by atoms with Crippen LogP contribution in [0, 0.1) is 0 Å². The average Bonchev–Trinajstić information content (AvgIpc) is 2.54. The lowest BCUT2D eigenvalue weighted by atomic mass is 10.2. The molecule has 114 valence electrons. The molecule has 0 radical (unpaired) electrons. The first-order valence-electron chi connectivity index (χ1n) is 7.11. The van der Waals surface area contributed by atoms with Crippen molar-refractivity contribution in [3.05, 3.63) is 30.3 Å². The highest BCUT2D eigenvalue weighted by atomic mass is 127. The number of carbonyl (C=O) groups excluding carboxylic acids is 2. The summed E-state index contributed by atoms with van der Waals surface area (Å²) in [5.41, 5.74) is 1.19. The second kappa shape index (κ2) is 8.21. The summed E-state index contributed by atoms with van der Waals surface area (Å²) in [6.07, 6.45) is 0.468. The average molecular weight is 401 g/mol. The van der Waals surface area contributed by atoms with E-state index in [-0.39, 0.29) is 18.4 Å². The third-order valence-corrected chi connectivity index (χ3v) is 4.05. The molecule has 5 nitrogen and oxygen atoms in total. The number of halogens is 1. The molecule has 0 spiro atoms. The Balaban J connectivity index is 1.76. The zero-order chi connectivity index (χ0) is 15.1. The molecule has 2 rings (SSSR count). The second-order valence-corrected chi connectivity index (χ2v) is 6.00. The molecule has 0 bridgehead atoms. The van der Waals surface area contributed by atoms with Gasteiger partial charge in [0.2, 0.25) is 11.8 Å². The molecule has 1 heterocycles. The van der Waals surface area contributed by atoms with Crippen molar-refractivity contribution in [2.24, 2.45) is 0 Å². The number of rotatable bonds is 5. The summed E-state index contributed by atoms with van der Waals surface area (Å²) in [4.78, 5) is 27.5. The summed E-state index contributed by atoms with van der Waals surface area (Å²) in [5.74, 6) is -0.0507. The number of nitrogens with one attached hydrogen (secondary N) is 1. The minimum Gasteiger partial charge on any atom is -0.368 e. The van der Waals surface area contributed by atoms with Crippen molar-refractivity contribution < 1.29 is 9.59 Å². The van der Waals surface area contributed by atoms with Gasteiger partial charge in [0.05, 0.1) is 6.54 Å². The van der Waals surface area contributed by atoms with Crippen molar-refractivity contribution >= 4 is 40.1 Å². The fourth-order valence-corrected chi connectivity index (χ4v) is 2.80. The Morgan fingerprint density at radius 1 is 1.10 bits per heavy atom. The number of hydrogen-bond acceptors (Lipinski definition) is 3. The van der Waals surface area contributed by atoms with Gasteiger partial charge in [0.15, 0.2) is 0 Å². The van der Waals surface area contributed by atoms with E-state index in [9.17, 15) is 9.59 Å². The lowest BCUT2D eigenvalue weighted by molar-refractivity contribution is -0.133. The van der Waals surface area contributed by atoms with Gasteiger partial charge in [0.1, 0.15) is 0 Å². The molecule has 1 fully saturated rings. The molecule has 0 atom stereocenters. The number of para-hydroxylation sites is 1. The smallest absolute Gasteiger partial charge is 0.242 e. The Morgan fingerprint density at radius 3 is 2.38 bits per heavy atom. The van der Waals surface area contributed by atoms with Gasteiger partial charge in [-0.25, -0.2) is 0 Å². The van der Waals surface area contributed by atoms with E-state index in [0.29, 0.717) is 19.5 Å². The first-order valence-corrected chi connectivity index (χ1v) is 8.63. The monoisotopic (exact) mass is 401 g/mol. The number of anilines is 1. The largest absolute Gasteiger partial charge is 0.368 e. The van der Waals surface area contributed by atoms with Gasteiger partial charge >= 0.3 is 0 Å². The van der Waals surface area contributed by atoms with Crippen LogP contribution in [0.15, 0.2) is 30.3 Å². The zero-order valence-corrected chi connectivity index (χ0v) is 14.1. The Labute approximate surface area is 138 Å². The van der Waals surface area contributed by atoms with Crippen LogP contribution in [0.3, 0.4) is 0 Å². The number of benzene rings is 1. The molecule has 6 heteroatoms. The van der Waals surface area contributed by atoms with Gasteiger partial charge in [0, 0.05) is 42.7 Å². The third-order valence-electron chi connectivity index (χ3n) is 3.51. The minimum absolute atomic E-state index is 0.00419.